The number of rotatable bonds is 3. The van der Waals surface area contributed by atoms with Crippen molar-refractivity contribution in [1.82, 2.24) is 14.8 Å². The van der Waals surface area contributed by atoms with Crippen molar-refractivity contribution >= 4 is 11.6 Å². The third kappa shape index (κ3) is 2.36. The molecular weight excluding hydrogens is 290 g/mol. The van der Waals surface area contributed by atoms with E-state index in [2.05, 4.69) is 10.1 Å². The Hall–Kier alpha value is -2.31. The molecule has 0 unspecified atom stereocenters. The number of amides is 1. The Kier molecular flexibility index (Phi) is 3.64. The van der Waals surface area contributed by atoms with E-state index in [0.29, 0.717) is 28.2 Å². The van der Waals surface area contributed by atoms with E-state index in [0.717, 1.165) is 17.7 Å². The number of nitrogens with zero attached hydrogens (tertiary/aromatic N) is 4. The second-order valence-electron chi connectivity index (χ2n) is 5.35. The summed E-state index contributed by atoms with van der Waals surface area (Å²) in [7, 11) is 0. The van der Waals surface area contributed by atoms with E-state index in [1.165, 1.54) is 0 Å². The first-order valence-electron chi connectivity index (χ1n) is 7.05. The molecule has 0 fully saturated rings. The van der Waals surface area contributed by atoms with Crippen molar-refractivity contribution < 1.29 is 13.6 Å². The highest BCUT2D eigenvalue weighted by atomic mass is 19.3. The van der Waals surface area contributed by atoms with Crippen molar-refractivity contribution in [3.63, 3.8) is 0 Å². The Labute approximate surface area is 126 Å². The maximum atomic E-state index is 12.9. The van der Waals surface area contributed by atoms with Gasteiger partial charge in [-0.25, -0.2) is 4.68 Å². The highest BCUT2D eigenvalue weighted by molar-refractivity contribution is 5.96. The molecule has 0 spiro atoms. The molecule has 116 valence electrons. The Bertz CT molecular complexity index is 726. The summed E-state index contributed by atoms with van der Waals surface area (Å²) < 4.78 is 26.4. The molecule has 0 N–H and O–H groups in total. The molecule has 0 atom stereocenters. The van der Waals surface area contributed by atoms with Crippen LogP contribution in [0.1, 0.15) is 29.1 Å². The zero-order valence-electron chi connectivity index (χ0n) is 12.4. The monoisotopic (exact) mass is 306 g/mol. The summed E-state index contributed by atoms with van der Waals surface area (Å²) in [6.45, 7) is 1.11. The lowest BCUT2D eigenvalue weighted by atomic mass is 10.1. The van der Waals surface area contributed by atoms with Gasteiger partial charge in [0.25, 0.3) is 0 Å². The number of hydrogen-bond donors (Lipinski definition) is 0. The predicted octanol–water partition coefficient (Wildman–Crippen LogP) is 2.42. The average molecular weight is 306 g/mol. The van der Waals surface area contributed by atoms with Crippen LogP contribution in [0.25, 0.3) is 0 Å². The number of anilines is 1. The molecule has 1 amide bonds. The van der Waals surface area contributed by atoms with Crippen molar-refractivity contribution in [2.45, 2.75) is 33.2 Å². The van der Waals surface area contributed by atoms with Crippen molar-refractivity contribution in [3.05, 3.63) is 41.0 Å². The van der Waals surface area contributed by atoms with Crippen LogP contribution < -0.4 is 4.90 Å². The van der Waals surface area contributed by atoms with Crippen LogP contribution in [-0.4, -0.2) is 27.2 Å². The van der Waals surface area contributed by atoms with Gasteiger partial charge in [0.05, 0.1) is 24.0 Å². The third-order valence-electron chi connectivity index (χ3n) is 4.07. The molecule has 0 saturated carbocycles. The molecule has 3 rings (SSSR count). The van der Waals surface area contributed by atoms with Crippen molar-refractivity contribution in [3.8, 4) is 0 Å². The van der Waals surface area contributed by atoms with Gasteiger partial charge >= 0.3 is 6.55 Å². The summed E-state index contributed by atoms with van der Waals surface area (Å²) in [6, 6.07) is 1.90. The maximum absolute atomic E-state index is 12.9. The lowest BCUT2D eigenvalue weighted by molar-refractivity contribution is -0.117. The summed E-state index contributed by atoms with van der Waals surface area (Å²) in [5.41, 5.74) is 3.27. The van der Waals surface area contributed by atoms with Crippen molar-refractivity contribution in [2.75, 3.05) is 11.4 Å². The van der Waals surface area contributed by atoms with Gasteiger partial charge in [-0.2, -0.15) is 13.9 Å². The van der Waals surface area contributed by atoms with Gasteiger partial charge in [0.2, 0.25) is 5.91 Å². The molecule has 0 aromatic carbocycles. The number of halogens is 2. The fourth-order valence-electron chi connectivity index (χ4n) is 2.87. The minimum Gasteiger partial charge on any atom is -0.310 e. The smallest absolute Gasteiger partial charge is 0.310 e. The highest BCUT2D eigenvalue weighted by Gasteiger charge is 2.27. The van der Waals surface area contributed by atoms with Crippen LogP contribution >= 0.6 is 0 Å². The third-order valence-corrected chi connectivity index (χ3v) is 4.07. The van der Waals surface area contributed by atoms with E-state index < -0.39 is 6.55 Å². The number of pyridine rings is 1. The van der Waals surface area contributed by atoms with Crippen molar-refractivity contribution in [2.24, 2.45) is 0 Å². The topological polar surface area (TPSA) is 51.0 Å². The molecule has 5 nitrogen and oxygen atoms in total. The van der Waals surface area contributed by atoms with Crippen LogP contribution in [0, 0.1) is 13.8 Å². The van der Waals surface area contributed by atoms with E-state index >= 15 is 0 Å². The molecule has 22 heavy (non-hydrogen) atoms. The molecule has 0 aliphatic carbocycles. The molecule has 0 radical (unpaired) electrons. The Morgan fingerprint density at radius 3 is 2.86 bits per heavy atom. The Balaban J connectivity index is 1.84. The lowest BCUT2D eigenvalue weighted by Gasteiger charge is -2.17. The summed E-state index contributed by atoms with van der Waals surface area (Å²) >= 11 is 0. The minimum absolute atomic E-state index is 0.0682. The zero-order chi connectivity index (χ0) is 15.9. The predicted molar refractivity (Wildman–Crippen MR) is 77.0 cm³/mol. The first kappa shape index (κ1) is 14.6. The zero-order valence-corrected chi connectivity index (χ0v) is 12.4. The lowest BCUT2D eigenvalue weighted by Crippen LogP contribution is -2.30. The molecule has 1 aliphatic rings. The Morgan fingerprint density at radius 2 is 2.18 bits per heavy atom. The molecule has 0 saturated heterocycles. The van der Waals surface area contributed by atoms with Gasteiger partial charge in [-0.15, -0.1) is 0 Å². The van der Waals surface area contributed by atoms with Gasteiger partial charge in [-0.3, -0.25) is 9.78 Å². The summed E-state index contributed by atoms with van der Waals surface area (Å²) in [4.78, 5) is 18.3. The number of aromatic nitrogens is 3. The number of carbonyl (C=O) groups is 1. The summed E-state index contributed by atoms with van der Waals surface area (Å²) in [5.74, 6) is -0.119. The number of hydrogen-bond acceptors (Lipinski definition) is 3. The molecular formula is C15H16F2N4O. The standard InChI is InChI=1S/C15H16F2N4O/c1-9-12(10(2)21(19-9)15(16)17)7-14(22)20-6-4-11-3-5-18-8-13(11)20/h3,5,8,15H,4,6-7H2,1-2H3. The molecule has 2 aromatic rings. The number of fused-ring (bicyclic) bond motifs is 1. The second-order valence-corrected chi connectivity index (χ2v) is 5.35. The largest absolute Gasteiger partial charge is 0.333 e. The van der Waals surface area contributed by atoms with Gasteiger partial charge in [0, 0.05) is 24.0 Å². The van der Waals surface area contributed by atoms with E-state index in [1.807, 2.05) is 6.07 Å². The van der Waals surface area contributed by atoms with E-state index in [4.69, 9.17) is 0 Å². The summed E-state index contributed by atoms with van der Waals surface area (Å²) in [5, 5.41) is 3.82. The molecule has 7 heteroatoms. The number of alkyl halides is 2. The van der Waals surface area contributed by atoms with Crippen LogP contribution in [0.15, 0.2) is 18.5 Å². The second kappa shape index (κ2) is 5.47. The van der Waals surface area contributed by atoms with E-state index in [1.54, 1.807) is 31.1 Å². The first-order valence-corrected chi connectivity index (χ1v) is 7.05. The van der Waals surface area contributed by atoms with Gasteiger partial charge in [0.1, 0.15) is 0 Å². The normalized spacial score (nSPS) is 13.8. The van der Waals surface area contributed by atoms with E-state index in [-0.39, 0.29) is 12.3 Å². The van der Waals surface area contributed by atoms with E-state index in [9.17, 15) is 13.6 Å². The van der Waals surface area contributed by atoms with Crippen LogP contribution in [0.2, 0.25) is 0 Å². The van der Waals surface area contributed by atoms with Crippen LogP contribution in [0.5, 0.6) is 0 Å². The van der Waals surface area contributed by atoms with Crippen LogP contribution in [-0.2, 0) is 17.6 Å². The summed E-state index contributed by atoms with van der Waals surface area (Å²) in [6.07, 6.45) is 4.23. The highest BCUT2D eigenvalue weighted by Crippen LogP contribution is 2.28. The van der Waals surface area contributed by atoms with Crippen molar-refractivity contribution in [1.29, 1.82) is 0 Å². The fourth-order valence-corrected chi connectivity index (χ4v) is 2.87. The number of aryl methyl sites for hydroxylation is 1. The maximum Gasteiger partial charge on any atom is 0.333 e. The quantitative estimate of drug-likeness (QED) is 0.875. The Morgan fingerprint density at radius 1 is 1.41 bits per heavy atom. The first-order chi connectivity index (χ1) is 10.5. The minimum atomic E-state index is -2.70. The van der Waals surface area contributed by atoms with Crippen LogP contribution in [0.3, 0.4) is 0 Å². The number of carbonyl (C=O) groups excluding carboxylic acids is 1. The molecule has 2 aromatic heterocycles. The van der Waals surface area contributed by atoms with Gasteiger partial charge in [-0.1, -0.05) is 0 Å². The van der Waals surface area contributed by atoms with Gasteiger partial charge < -0.3 is 4.90 Å². The average Bonchev–Trinajstić information content (AvgIpc) is 3.03. The molecule has 1 aliphatic heterocycles. The fraction of sp³-hybridized carbons (Fsp3) is 0.400. The molecule has 3 heterocycles. The SMILES string of the molecule is Cc1nn(C(F)F)c(C)c1CC(=O)N1CCc2ccncc21. The van der Waals surface area contributed by atoms with Gasteiger partial charge in [0.15, 0.2) is 0 Å². The molecule has 0 bridgehead atoms. The van der Waals surface area contributed by atoms with Gasteiger partial charge in [-0.05, 0) is 31.9 Å². The van der Waals surface area contributed by atoms with Crippen LogP contribution in [0.4, 0.5) is 14.5 Å².